The van der Waals surface area contributed by atoms with Crippen LogP contribution in [-0.4, -0.2) is 23.3 Å². The molecule has 0 amide bonds. The Bertz CT molecular complexity index is 548. The second kappa shape index (κ2) is 4.25. The largest absolute Gasteiger partial charge is 0.464 e. The van der Waals surface area contributed by atoms with Gasteiger partial charge < -0.3 is 10.5 Å². The van der Waals surface area contributed by atoms with E-state index in [0.29, 0.717) is 11.1 Å². The molecule has 0 radical (unpaired) electrons. The summed E-state index contributed by atoms with van der Waals surface area (Å²) in [6.45, 7) is 0. The molecule has 17 heavy (non-hydrogen) atoms. The highest BCUT2D eigenvalue weighted by Gasteiger charge is 2.19. The number of H-pyrrole nitrogens is 1. The Balaban J connectivity index is 2.54. The number of benzene rings is 1. The molecule has 5 nitrogen and oxygen atoms in total. The van der Waals surface area contributed by atoms with Gasteiger partial charge in [-0.2, -0.15) is 5.10 Å². The summed E-state index contributed by atoms with van der Waals surface area (Å²) < 4.78 is 17.4. The molecule has 0 saturated carbocycles. The molecule has 1 heterocycles. The van der Waals surface area contributed by atoms with Gasteiger partial charge in [-0.3, -0.25) is 5.10 Å². The number of halogens is 1. The summed E-state index contributed by atoms with van der Waals surface area (Å²) >= 11 is 0. The van der Waals surface area contributed by atoms with E-state index in [1.165, 1.54) is 31.4 Å². The monoisotopic (exact) mass is 235 g/mol. The molecule has 0 unspecified atom stereocenters. The van der Waals surface area contributed by atoms with Crippen molar-refractivity contribution in [3.8, 4) is 11.1 Å². The molecule has 0 atom stereocenters. The molecule has 0 aliphatic heterocycles. The maximum absolute atomic E-state index is 12.8. The minimum absolute atomic E-state index is 0.150. The van der Waals surface area contributed by atoms with E-state index in [1.807, 2.05) is 0 Å². The fourth-order valence-electron chi connectivity index (χ4n) is 1.51. The first-order chi connectivity index (χ1) is 8.13. The molecular weight excluding hydrogens is 225 g/mol. The van der Waals surface area contributed by atoms with Crippen molar-refractivity contribution in [1.82, 2.24) is 10.2 Å². The van der Waals surface area contributed by atoms with Crippen LogP contribution in [0.3, 0.4) is 0 Å². The maximum Gasteiger partial charge on any atom is 0.356 e. The zero-order valence-corrected chi connectivity index (χ0v) is 9.03. The molecule has 0 fully saturated rings. The highest BCUT2D eigenvalue weighted by atomic mass is 19.1. The molecular formula is C11H10FN3O2. The minimum Gasteiger partial charge on any atom is -0.464 e. The lowest BCUT2D eigenvalue weighted by Gasteiger charge is -2.02. The first-order valence-electron chi connectivity index (χ1n) is 4.81. The van der Waals surface area contributed by atoms with Gasteiger partial charge in [-0.05, 0) is 17.7 Å². The first-order valence-corrected chi connectivity index (χ1v) is 4.81. The quantitative estimate of drug-likeness (QED) is 0.774. The predicted octanol–water partition coefficient (Wildman–Crippen LogP) is 1.58. The van der Waals surface area contributed by atoms with E-state index in [-0.39, 0.29) is 17.3 Å². The summed E-state index contributed by atoms with van der Waals surface area (Å²) in [6.07, 6.45) is 0. The smallest absolute Gasteiger partial charge is 0.356 e. The average Bonchev–Trinajstić information content (AvgIpc) is 2.71. The fourth-order valence-corrected chi connectivity index (χ4v) is 1.51. The minimum atomic E-state index is -0.575. The molecule has 0 bridgehead atoms. The van der Waals surface area contributed by atoms with E-state index in [2.05, 4.69) is 14.9 Å². The zero-order valence-electron chi connectivity index (χ0n) is 9.03. The van der Waals surface area contributed by atoms with Crippen molar-refractivity contribution < 1.29 is 13.9 Å². The number of anilines is 1. The highest BCUT2D eigenvalue weighted by molar-refractivity contribution is 5.98. The fraction of sp³-hybridized carbons (Fsp3) is 0.0909. The maximum atomic E-state index is 12.8. The van der Waals surface area contributed by atoms with Gasteiger partial charge in [0.2, 0.25) is 0 Å². The van der Waals surface area contributed by atoms with Gasteiger partial charge in [-0.15, -0.1) is 0 Å². The van der Waals surface area contributed by atoms with Crippen LogP contribution in [0.5, 0.6) is 0 Å². The van der Waals surface area contributed by atoms with E-state index < -0.39 is 5.97 Å². The van der Waals surface area contributed by atoms with E-state index in [0.717, 1.165) is 0 Å². The third-order valence-electron chi connectivity index (χ3n) is 2.32. The molecule has 1 aromatic heterocycles. The number of rotatable bonds is 2. The molecule has 0 aliphatic carbocycles. The Kier molecular flexibility index (Phi) is 2.78. The molecule has 6 heteroatoms. The van der Waals surface area contributed by atoms with Crippen molar-refractivity contribution in [2.75, 3.05) is 12.8 Å². The molecule has 0 saturated heterocycles. The normalized spacial score (nSPS) is 10.2. The lowest BCUT2D eigenvalue weighted by atomic mass is 10.1. The van der Waals surface area contributed by atoms with Crippen LogP contribution in [0.1, 0.15) is 10.5 Å². The van der Waals surface area contributed by atoms with E-state index in [1.54, 1.807) is 0 Å². The second-order valence-electron chi connectivity index (χ2n) is 3.36. The molecule has 88 valence electrons. The van der Waals surface area contributed by atoms with E-state index in [9.17, 15) is 9.18 Å². The molecule has 1 aromatic carbocycles. The van der Waals surface area contributed by atoms with Crippen LogP contribution < -0.4 is 5.73 Å². The van der Waals surface area contributed by atoms with Crippen molar-refractivity contribution in [3.63, 3.8) is 0 Å². The lowest BCUT2D eigenvalue weighted by Crippen LogP contribution is -2.03. The Hall–Kier alpha value is -2.37. The van der Waals surface area contributed by atoms with Gasteiger partial charge in [-0.1, -0.05) is 12.1 Å². The molecule has 0 spiro atoms. The number of hydrogen-bond donors (Lipinski definition) is 2. The van der Waals surface area contributed by atoms with Gasteiger partial charge in [0.05, 0.1) is 12.7 Å². The summed E-state index contributed by atoms with van der Waals surface area (Å²) in [5, 5.41) is 6.24. The van der Waals surface area contributed by atoms with Crippen molar-refractivity contribution in [3.05, 3.63) is 35.8 Å². The lowest BCUT2D eigenvalue weighted by molar-refractivity contribution is 0.0595. The van der Waals surface area contributed by atoms with Crippen molar-refractivity contribution in [2.45, 2.75) is 0 Å². The number of esters is 1. The summed E-state index contributed by atoms with van der Waals surface area (Å²) in [5.41, 5.74) is 6.82. The Morgan fingerprint density at radius 2 is 2.06 bits per heavy atom. The van der Waals surface area contributed by atoms with Gasteiger partial charge in [0.1, 0.15) is 5.82 Å². The number of nitrogens with two attached hydrogens (primary N) is 1. The number of carbonyl (C=O) groups is 1. The van der Waals surface area contributed by atoms with Crippen LogP contribution in [-0.2, 0) is 4.74 Å². The second-order valence-corrected chi connectivity index (χ2v) is 3.36. The van der Waals surface area contributed by atoms with Crippen molar-refractivity contribution in [2.24, 2.45) is 0 Å². The molecule has 0 aliphatic rings. The zero-order chi connectivity index (χ0) is 12.4. The Morgan fingerprint density at radius 1 is 1.41 bits per heavy atom. The van der Waals surface area contributed by atoms with Crippen molar-refractivity contribution in [1.29, 1.82) is 0 Å². The van der Waals surface area contributed by atoms with Gasteiger partial charge in [0.15, 0.2) is 11.5 Å². The summed E-state index contributed by atoms with van der Waals surface area (Å²) in [6, 6.07) is 5.59. The molecule has 3 N–H and O–H groups in total. The van der Waals surface area contributed by atoms with Crippen LogP contribution in [0.4, 0.5) is 10.2 Å². The Labute approximate surface area is 96.4 Å². The highest BCUT2D eigenvalue weighted by Crippen LogP contribution is 2.28. The van der Waals surface area contributed by atoms with Gasteiger partial charge in [0.25, 0.3) is 0 Å². The van der Waals surface area contributed by atoms with Crippen LogP contribution >= 0.6 is 0 Å². The van der Waals surface area contributed by atoms with Crippen LogP contribution in [0, 0.1) is 5.82 Å². The van der Waals surface area contributed by atoms with Crippen molar-refractivity contribution >= 4 is 11.8 Å². The first kappa shape index (κ1) is 11.1. The van der Waals surface area contributed by atoms with Gasteiger partial charge in [-0.25, -0.2) is 9.18 Å². The van der Waals surface area contributed by atoms with E-state index >= 15 is 0 Å². The SMILES string of the molecule is COC(=O)c1[nH]nc(N)c1-c1ccc(F)cc1. The number of nitrogen functional groups attached to an aromatic ring is 1. The summed E-state index contributed by atoms with van der Waals surface area (Å²) in [4.78, 5) is 11.5. The number of aromatic nitrogens is 2. The van der Waals surface area contributed by atoms with E-state index in [4.69, 9.17) is 5.73 Å². The van der Waals surface area contributed by atoms with Crippen LogP contribution in [0.2, 0.25) is 0 Å². The van der Waals surface area contributed by atoms with Crippen LogP contribution in [0.25, 0.3) is 11.1 Å². The number of aromatic amines is 1. The number of methoxy groups -OCH3 is 1. The standard InChI is InChI=1S/C11H10FN3O2/c1-17-11(16)9-8(10(13)15-14-9)6-2-4-7(12)5-3-6/h2-5H,1H3,(H3,13,14,15). The Morgan fingerprint density at radius 3 is 2.65 bits per heavy atom. The topological polar surface area (TPSA) is 81.0 Å². The predicted molar refractivity (Wildman–Crippen MR) is 59.7 cm³/mol. The number of ether oxygens (including phenoxy) is 1. The third-order valence-corrected chi connectivity index (χ3v) is 2.32. The number of nitrogens with one attached hydrogen (secondary N) is 1. The van der Waals surface area contributed by atoms with Gasteiger partial charge >= 0.3 is 5.97 Å². The summed E-state index contributed by atoms with van der Waals surface area (Å²) in [7, 11) is 1.26. The van der Waals surface area contributed by atoms with Crippen LogP contribution in [0.15, 0.2) is 24.3 Å². The summed E-state index contributed by atoms with van der Waals surface area (Å²) in [5.74, 6) is -0.777. The molecule has 2 rings (SSSR count). The number of hydrogen-bond acceptors (Lipinski definition) is 4. The average molecular weight is 235 g/mol. The number of nitrogens with zero attached hydrogens (tertiary/aromatic N) is 1. The van der Waals surface area contributed by atoms with Gasteiger partial charge in [0, 0.05) is 0 Å². The molecule has 2 aromatic rings. The number of carbonyl (C=O) groups excluding carboxylic acids is 1. The third kappa shape index (κ3) is 1.96.